The van der Waals surface area contributed by atoms with E-state index in [0.29, 0.717) is 22.6 Å². The largest absolute Gasteiger partial charge is 0.494 e. The van der Waals surface area contributed by atoms with E-state index in [9.17, 15) is 9.59 Å². The first kappa shape index (κ1) is 19.1. The van der Waals surface area contributed by atoms with Gasteiger partial charge < -0.3 is 14.8 Å². The molecule has 0 aliphatic rings. The lowest BCUT2D eigenvalue weighted by molar-refractivity contribution is 0.0378. The van der Waals surface area contributed by atoms with E-state index in [1.807, 2.05) is 0 Å². The van der Waals surface area contributed by atoms with Gasteiger partial charge >= 0.3 is 5.97 Å². The van der Waals surface area contributed by atoms with E-state index in [1.165, 1.54) is 19.2 Å². The number of anilines is 1. The van der Waals surface area contributed by atoms with Gasteiger partial charge in [-0.15, -0.1) is 0 Å². The zero-order chi connectivity index (χ0) is 18.6. The predicted molar refractivity (Wildman–Crippen MR) is 98.0 cm³/mol. The van der Waals surface area contributed by atoms with E-state index in [0.717, 1.165) is 0 Å². The van der Waals surface area contributed by atoms with Gasteiger partial charge in [0, 0.05) is 11.3 Å². The number of ether oxygens (including phenoxy) is 2. The molecular weight excluding hydrogens is 365 g/mol. The number of nitrogens with one attached hydrogen (secondary N) is 1. The first-order valence-corrected chi connectivity index (χ1v) is 8.23. The van der Waals surface area contributed by atoms with Gasteiger partial charge in [0.15, 0.2) is 5.75 Å². The van der Waals surface area contributed by atoms with Gasteiger partial charge in [0.05, 0.1) is 28.8 Å². The summed E-state index contributed by atoms with van der Waals surface area (Å²) in [6, 6.07) is 9.32. The molecule has 2 rings (SSSR count). The zero-order valence-corrected chi connectivity index (χ0v) is 15.4. The number of rotatable bonds is 5. The van der Waals surface area contributed by atoms with Gasteiger partial charge in [-0.3, -0.25) is 4.79 Å². The van der Waals surface area contributed by atoms with Crippen molar-refractivity contribution < 1.29 is 19.1 Å². The van der Waals surface area contributed by atoms with Crippen molar-refractivity contribution in [2.45, 2.75) is 20.0 Å². The highest BCUT2D eigenvalue weighted by molar-refractivity contribution is 6.37. The number of hydrogen-bond acceptors (Lipinski definition) is 4. The molecule has 0 saturated heterocycles. The molecule has 0 radical (unpaired) electrons. The van der Waals surface area contributed by atoms with Gasteiger partial charge in [0.25, 0.3) is 5.91 Å². The zero-order valence-electron chi connectivity index (χ0n) is 13.9. The molecule has 0 fully saturated rings. The molecule has 0 atom stereocenters. The second-order valence-electron chi connectivity index (χ2n) is 5.46. The number of benzene rings is 2. The summed E-state index contributed by atoms with van der Waals surface area (Å²) in [5.41, 5.74) is 1.22. The van der Waals surface area contributed by atoms with Crippen LogP contribution < -0.4 is 10.1 Å². The minimum atomic E-state index is -0.415. The predicted octanol–water partition coefficient (Wildman–Crippen LogP) is 4.82. The summed E-state index contributed by atoms with van der Waals surface area (Å²) < 4.78 is 10.2. The van der Waals surface area contributed by atoms with E-state index >= 15 is 0 Å². The third-order valence-corrected chi connectivity index (χ3v) is 3.75. The summed E-state index contributed by atoms with van der Waals surface area (Å²) in [5, 5.41) is 3.19. The fourth-order valence-corrected chi connectivity index (χ4v) is 2.70. The number of carbonyl (C=O) groups excluding carboxylic acids is 2. The third kappa shape index (κ3) is 4.87. The van der Waals surface area contributed by atoms with Crippen LogP contribution in [0, 0.1) is 0 Å². The summed E-state index contributed by atoms with van der Waals surface area (Å²) >= 11 is 12.1. The summed E-state index contributed by atoms with van der Waals surface area (Å²) in [4.78, 5) is 24.1. The molecule has 25 heavy (non-hydrogen) atoms. The summed E-state index contributed by atoms with van der Waals surface area (Å²) in [6.07, 6.45) is -0.198. The molecule has 2 aromatic carbocycles. The third-order valence-electron chi connectivity index (χ3n) is 3.19. The molecule has 132 valence electrons. The molecule has 0 aliphatic carbocycles. The fraction of sp³-hybridized carbons (Fsp3) is 0.222. The monoisotopic (exact) mass is 381 g/mol. The maximum atomic E-state index is 12.3. The lowest BCUT2D eigenvalue weighted by Crippen LogP contribution is -2.13. The van der Waals surface area contributed by atoms with Gasteiger partial charge in [0.1, 0.15) is 0 Å². The van der Waals surface area contributed by atoms with Gasteiger partial charge in [-0.25, -0.2) is 4.79 Å². The Morgan fingerprint density at radius 2 is 1.56 bits per heavy atom. The molecule has 1 amide bonds. The van der Waals surface area contributed by atoms with Crippen LogP contribution in [-0.2, 0) is 4.74 Å². The average Bonchev–Trinajstić information content (AvgIpc) is 2.54. The van der Waals surface area contributed by atoms with Gasteiger partial charge in [-0.2, -0.15) is 0 Å². The molecule has 7 heteroatoms. The second kappa shape index (κ2) is 8.23. The lowest BCUT2D eigenvalue weighted by atomic mass is 10.1. The molecule has 0 bridgehead atoms. The highest BCUT2D eigenvalue weighted by Crippen LogP contribution is 2.34. The van der Waals surface area contributed by atoms with Crippen LogP contribution >= 0.6 is 23.2 Å². The number of methoxy groups -OCH3 is 1. The highest BCUT2D eigenvalue weighted by Gasteiger charge is 2.14. The van der Waals surface area contributed by atoms with Gasteiger partial charge in [0.2, 0.25) is 0 Å². The molecule has 0 aliphatic heterocycles. The molecule has 5 nitrogen and oxygen atoms in total. The van der Waals surface area contributed by atoms with E-state index in [-0.39, 0.29) is 22.1 Å². The Balaban J connectivity index is 2.12. The van der Waals surface area contributed by atoms with Crippen LogP contribution in [-0.4, -0.2) is 25.1 Å². The Kier molecular flexibility index (Phi) is 6.28. The Hall–Kier alpha value is -2.24. The number of esters is 1. The van der Waals surface area contributed by atoms with E-state index in [1.54, 1.807) is 38.1 Å². The first-order valence-electron chi connectivity index (χ1n) is 7.47. The van der Waals surface area contributed by atoms with Crippen LogP contribution in [0.5, 0.6) is 5.75 Å². The summed E-state index contributed by atoms with van der Waals surface area (Å²) in [7, 11) is 1.44. The maximum Gasteiger partial charge on any atom is 0.338 e. The summed E-state index contributed by atoms with van der Waals surface area (Å²) in [6.45, 7) is 3.55. The van der Waals surface area contributed by atoms with Crippen molar-refractivity contribution >= 4 is 40.8 Å². The van der Waals surface area contributed by atoms with E-state index in [2.05, 4.69) is 5.32 Å². The Bertz CT molecular complexity index is 765. The topological polar surface area (TPSA) is 64.6 Å². The molecular formula is C18H17Cl2NO4. The van der Waals surface area contributed by atoms with E-state index in [4.69, 9.17) is 32.7 Å². The molecule has 0 saturated carbocycles. The van der Waals surface area contributed by atoms with Crippen molar-refractivity contribution in [2.75, 3.05) is 12.4 Å². The van der Waals surface area contributed by atoms with Gasteiger partial charge in [-0.05, 0) is 50.2 Å². The van der Waals surface area contributed by atoms with Crippen LogP contribution in [0.4, 0.5) is 5.69 Å². The highest BCUT2D eigenvalue weighted by atomic mass is 35.5. The normalized spacial score (nSPS) is 10.5. The molecule has 0 aromatic heterocycles. The number of carbonyl (C=O) groups is 2. The quantitative estimate of drug-likeness (QED) is 0.753. The van der Waals surface area contributed by atoms with Crippen molar-refractivity contribution in [1.82, 2.24) is 0 Å². The van der Waals surface area contributed by atoms with Crippen molar-refractivity contribution in [3.05, 3.63) is 57.6 Å². The minimum absolute atomic E-state index is 0.198. The van der Waals surface area contributed by atoms with Gasteiger partial charge in [-0.1, -0.05) is 23.2 Å². The molecule has 0 unspecified atom stereocenters. The standard InChI is InChI=1S/C18H17Cl2NO4/c1-10(2)25-18(23)11-4-6-13(7-5-11)21-17(22)12-8-14(19)16(24-3)15(20)9-12/h4-10H,1-3H3,(H,21,22). The Morgan fingerprint density at radius 3 is 2.04 bits per heavy atom. The Labute approximate surface area is 155 Å². The van der Waals surface area contributed by atoms with Crippen molar-refractivity contribution in [1.29, 1.82) is 0 Å². The van der Waals surface area contributed by atoms with E-state index < -0.39 is 5.97 Å². The van der Waals surface area contributed by atoms with Crippen LogP contribution in [0.15, 0.2) is 36.4 Å². The van der Waals surface area contributed by atoms with Crippen molar-refractivity contribution in [3.8, 4) is 5.75 Å². The van der Waals surface area contributed by atoms with Crippen LogP contribution in [0.2, 0.25) is 10.0 Å². The molecule has 0 spiro atoms. The fourth-order valence-electron chi connectivity index (χ4n) is 2.06. The van der Waals surface area contributed by atoms with Crippen molar-refractivity contribution in [2.24, 2.45) is 0 Å². The first-order chi connectivity index (χ1) is 11.8. The Morgan fingerprint density at radius 1 is 1.00 bits per heavy atom. The number of halogens is 2. The summed E-state index contributed by atoms with van der Waals surface area (Å²) in [5.74, 6) is -0.488. The van der Waals surface area contributed by atoms with Crippen LogP contribution in [0.25, 0.3) is 0 Å². The number of hydrogen-bond donors (Lipinski definition) is 1. The molecule has 2 aromatic rings. The SMILES string of the molecule is COc1c(Cl)cc(C(=O)Nc2ccc(C(=O)OC(C)C)cc2)cc1Cl. The minimum Gasteiger partial charge on any atom is -0.494 e. The maximum absolute atomic E-state index is 12.3. The number of amides is 1. The average molecular weight is 382 g/mol. The van der Waals surface area contributed by atoms with Crippen LogP contribution in [0.1, 0.15) is 34.6 Å². The second-order valence-corrected chi connectivity index (χ2v) is 6.27. The van der Waals surface area contributed by atoms with Crippen molar-refractivity contribution in [3.63, 3.8) is 0 Å². The smallest absolute Gasteiger partial charge is 0.338 e. The molecule has 1 N–H and O–H groups in total. The molecule has 0 heterocycles. The lowest BCUT2D eigenvalue weighted by Gasteiger charge is -2.10. The van der Waals surface area contributed by atoms with Crippen LogP contribution in [0.3, 0.4) is 0 Å².